The van der Waals surface area contributed by atoms with Gasteiger partial charge in [0.05, 0.1) is 22.3 Å². The highest BCUT2D eigenvalue weighted by atomic mass is 35.5. The number of hydrogen-bond acceptors (Lipinski definition) is 5. The lowest BCUT2D eigenvalue weighted by Gasteiger charge is -2.33. The molecular formula is C16H19Cl2N5O2. The highest BCUT2D eigenvalue weighted by Crippen LogP contribution is 2.28. The van der Waals surface area contributed by atoms with Crippen molar-refractivity contribution in [3.63, 3.8) is 0 Å². The average Bonchev–Trinajstić information content (AvgIpc) is 3.02. The van der Waals surface area contributed by atoms with Crippen molar-refractivity contribution >= 4 is 46.5 Å². The number of piperazine rings is 1. The minimum absolute atomic E-state index is 0.00905. The van der Waals surface area contributed by atoms with Gasteiger partial charge in [-0.3, -0.25) is 14.6 Å². The fraction of sp³-hybridized carbons (Fsp3) is 0.438. The van der Waals surface area contributed by atoms with E-state index in [2.05, 4.69) is 15.7 Å². The number of amides is 2. The van der Waals surface area contributed by atoms with E-state index in [0.29, 0.717) is 35.4 Å². The molecule has 2 aliphatic rings. The van der Waals surface area contributed by atoms with Crippen LogP contribution in [0.1, 0.15) is 13.3 Å². The van der Waals surface area contributed by atoms with Crippen LogP contribution in [-0.2, 0) is 9.59 Å². The lowest BCUT2D eigenvalue weighted by atomic mass is 10.2. The first-order valence-electron chi connectivity index (χ1n) is 8.04. The van der Waals surface area contributed by atoms with Crippen molar-refractivity contribution in [1.82, 2.24) is 15.5 Å². The SMILES string of the molecule is CC1CNCC(=O)N1CC(=O)NC1=NN(c2ccc(Cl)c(Cl)c2)CC1. The Labute approximate surface area is 155 Å². The highest BCUT2D eigenvalue weighted by molar-refractivity contribution is 6.42. The number of carbonyl (C=O) groups is 2. The lowest BCUT2D eigenvalue weighted by molar-refractivity contribution is -0.138. The summed E-state index contributed by atoms with van der Waals surface area (Å²) in [5, 5.41) is 12.9. The number of anilines is 1. The topological polar surface area (TPSA) is 77.0 Å². The van der Waals surface area contributed by atoms with Gasteiger partial charge in [-0.25, -0.2) is 0 Å². The van der Waals surface area contributed by atoms with Crippen LogP contribution in [0.4, 0.5) is 5.69 Å². The van der Waals surface area contributed by atoms with Crippen LogP contribution in [0.25, 0.3) is 0 Å². The molecule has 2 amide bonds. The summed E-state index contributed by atoms with van der Waals surface area (Å²) >= 11 is 12.0. The molecule has 2 N–H and O–H groups in total. The molecule has 1 unspecified atom stereocenters. The van der Waals surface area contributed by atoms with Crippen LogP contribution >= 0.6 is 23.2 Å². The summed E-state index contributed by atoms with van der Waals surface area (Å²) in [6.07, 6.45) is 0.608. The van der Waals surface area contributed by atoms with Gasteiger partial charge in [0.1, 0.15) is 12.4 Å². The zero-order valence-electron chi connectivity index (χ0n) is 13.8. The third-order valence-electron chi connectivity index (χ3n) is 4.17. The molecule has 1 aromatic carbocycles. The first-order chi connectivity index (χ1) is 11.9. The van der Waals surface area contributed by atoms with E-state index in [-0.39, 0.29) is 30.9 Å². The Bertz CT molecular complexity index is 724. The van der Waals surface area contributed by atoms with Crippen LogP contribution in [0, 0.1) is 0 Å². The van der Waals surface area contributed by atoms with Crippen molar-refractivity contribution in [3.8, 4) is 0 Å². The Kier molecular flexibility index (Phi) is 5.46. The average molecular weight is 384 g/mol. The van der Waals surface area contributed by atoms with Gasteiger partial charge in [-0.05, 0) is 25.1 Å². The maximum Gasteiger partial charge on any atom is 0.244 e. The van der Waals surface area contributed by atoms with E-state index >= 15 is 0 Å². The quantitative estimate of drug-likeness (QED) is 0.827. The molecule has 3 rings (SSSR count). The van der Waals surface area contributed by atoms with Gasteiger partial charge in [-0.1, -0.05) is 23.2 Å². The fourth-order valence-electron chi connectivity index (χ4n) is 2.82. The lowest BCUT2D eigenvalue weighted by Crippen LogP contribution is -2.56. The predicted octanol–water partition coefficient (Wildman–Crippen LogP) is 1.45. The molecular weight excluding hydrogens is 365 g/mol. The largest absolute Gasteiger partial charge is 0.328 e. The number of halogens is 2. The molecule has 1 fully saturated rings. The minimum atomic E-state index is -0.239. The van der Waals surface area contributed by atoms with Crippen LogP contribution in [0.3, 0.4) is 0 Å². The van der Waals surface area contributed by atoms with Crippen molar-refractivity contribution in [1.29, 1.82) is 0 Å². The fourth-order valence-corrected chi connectivity index (χ4v) is 3.11. The summed E-state index contributed by atoms with van der Waals surface area (Å²) < 4.78 is 0. The van der Waals surface area contributed by atoms with Crippen molar-refractivity contribution in [2.24, 2.45) is 5.10 Å². The second kappa shape index (κ2) is 7.59. The van der Waals surface area contributed by atoms with Gasteiger partial charge < -0.3 is 15.5 Å². The smallest absolute Gasteiger partial charge is 0.244 e. The van der Waals surface area contributed by atoms with Crippen LogP contribution in [0.5, 0.6) is 0 Å². The third kappa shape index (κ3) is 4.23. The zero-order valence-corrected chi connectivity index (χ0v) is 15.3. The number of amidine groups is 1. The van der Waals surface area contributed by atoms with Gasteiger partial charge in [0, 0.05) is 25.6 Å². The maximum absolute atomic E-state index is 12.2. The molecule has 134 valence electrons. The summed E-state index contributed by atoms with van der Waals surface area (Å²) in [6, 6.07) is 5.26. The molecule has 1 saturated heterocycles. The van der Waals surface area contributed by atoms with Crippen LogP contribution in [0.2, 0.25) is 10.0 Å². The number of hydrogen-bond donors (Lipinski definition) is 2. The van der Waals surface area contributed by atoms with Gasteiger partial charge in [0.15, 0.2) is 0 Å². The molecule has 7 nitrogen and oxygen atoms in total. The molecule has 0 bridgehead atoms. The predicted molar refractivity (Wildman–Crippen MR) is 98.0 cm³/mol. The summed E-state index contributed by atoms with van der Waals surface area (Å²) in [5.41, 5.74) is 0.810. The highest BCUT2D eigenvalue weighted by Gasteiger charge is 2.27. The Morgan fingerprint density at radius 2 is 2.20 bits per heavy atom. The van der Waals surface area contributed by atoms with Crippen molar-refractivity contribution in [3.05, 3.63) is 28.2 Å². The van der Waals surface area contributed by atoms with Crippen molar-refractivity contribution in [2.75, 3.05) is 31.2 Å². The maximum atomic E-state index is 12.2. The molecule has 0 spiro atoms. The summed E-state index contributed by atoms with van der Waals surface area (Å²) in [4.78, 5) is 25.7. The Morgan fingerprint density at radius 3 is 2.92 bits per heavy atom. The first-order valence-corrected chi connectivity index (χ1v) is 8.80. The minimum Gasteiger partial charge on any atom is -0.328 e. The summed E-state index contributed by atoms with van der Waals surface area (Å²) in [7, 11) is 0. The number of rotatable bonds is 3. The third-order valence-corrected chi connectivity index (χ3v) is 4.91. The van der Waals surface area contributed by atoms with E-state index in [1.54, 1.807) is 22.0 Å². The van der Waals surface area contributed by atoms with Crippen LogP contribution < -0.4 is 15.6 Å². The molecule has 1 atom stereocenters. The Balaban J connectivity index is 1.60. The number of carbonyl (C=O) groups excluding carboxylic acids is 2. The second-order valence-corrected chi connectivity index (χ2v) is 6.88. The molecule has 0 saturated carbocycles. The second-order valence-electron chi connectivity index (χ2n) is 6.07. The molecule has 2 aliphatic heterocycles. The zero-order chi connectivity index (χ0) is 18.0. The standard InChI is InChI=1S/C16H19Cl2N5O2/c1-10-7-19-8-16(25)22(10)9-15(24)20-14-4-5-23(21-14)11-2-3-12(17)13(18)6-11/h2-3,6,10,19H,4-5,7-9H2,1H3,(H,20,21,24). The van der Waals surface area contributed by atoms with Crippen LogP contribution in [-0.4, -0.2) is 54.8 Å². The Morgan fingerprint density at radius 1 is 1.40 bits per heavy atom. The van der Waals surface area contributed by atoms with Gasteiger partial charge in [-0.15, -0.1) is 0 Å². The number of nitrogens with one attached hydrogen (secondary N) is 2. The molecule has 1 aromatic rings. The van der Waals surface area contributed by atoms with E-state index < -0.39 is 0 Å². The number of benzene rings is 1. The summed E-state index contributed by atoms with van der Waals surface area (Å²) in [5.74, 6) is 0.267. The van der Waals surface area contributed by atoms with Crippen molar-refractivity contribution < 1.29 is 9.59 Å². The van der Waals surface area contributed by atoms with E-state index in [0.717, 1.165) is 5.69 Å². The molecule has 9 heteroatoms. The molecule has 0 aromatic heterocycles. The van der Waals surface area contributed by atoms with Gasteiger partial charge in [0.25, 0.3) is 0 Å². The molecule has 0 radical (unpaired) electrons. The molecule has 0 aliphatic carbocycles. The van der Waals surface area contributed by atoms with Crippen molar-refractivity contribution in [2.45, 2.75) is 19.4 Å². The van der Waals surface area contributed by atoms with E-state index in [1.807, 2.05) is 13.0 Å². The number of hydrazone groups is 1. The summed E-state index contributed by atoms with van der Waals surface area (Å²) in [6.45, 7) is 3.54. The van der Waals surface area contributed by atoms with E-state index in [1.165, 1.54) is 0 Å². The van der Waals surface area contributed by atoms with Gasteiger partial charge >= 0.3 is 0 Å². The van der Waals surface area contributed by atoms with E-state index in [9.17, 15) is 9.59 Å². The molecule has 2 heterocycles. The van der Waals surface area contributed by atoms with Gasteiger partial charge in [0.2, 0.25) is 11.8 Å². The number of nitrogens with zero attached hydrogens (tertiary/aromatic N) is 3. The normalized spacial score (nSPS) is 20.7. The van der Waals surface area contributed by atoms with Gasteiger partial charge in [-0.2, -0.15) is 5.10 Å². The monoisotopic (exact) mass is 383 g/mol. The molecule has 25 heavy (non-hydrogen) atoms. The first kappa shape index (κ1) is 18.0. The van der Waals surface area contributed by atoms with E-state index in [4.69, 9.17) is 23.2 Å². The van der Waals surface area contributed by atoms with Crippen LogP contribution in [0.15, 0.2) is 23.3 Å². The Hall–Kier alpha value is -1.83.